The van der Waals surface area contributed by atoms with Crippen LogP contribution in [0.25, 0.3) is 16.9 Å². The number of hydrogen-bond acceptors (Lipinski definition) is 5. The molecule has 0 spiro atoms. The monoisotopic (exact) mass is 355 g/mol. The smallest absolute Gasteiger partial charge is 0.256 e. The number of pyridine rings is 3. The van der Waals surface area contributed by atoms with Crippen LogP contribution in [0.4, 0.5) is 0 Å². The third-order valence-corrected chi connectivity index (χ3v) is 3.92. The van der Waals surface area contributed by atoms with E-state index in [0.29, 0.717) is 34.5 Å². The molecule has 0 radical (unpaired) electrons. The number of carbonyl (C=O) groups excluding carboxylic acids is 1. The summed E-state index contributed by atoms with van der Waals surface area (Å²) in [6.45, 7) is 1.84. The number of aryl methyl sites for hydroxylation is 1. The largest absolute Gasteiger partial charge is 0.494 e. The highest BCUT2D eigenvalue weighted by molar-refractivity contribution is 6.29. The van der Waals surface area contributed by atoms with Gasteiger partial charge in [-0.1, -0.05) is 11.6 Å². The van der Waals surface area contributed by atoms with Crippen LogP contribution in [0.3, 0.4) is 0 Å². The van der Waals surface area contributed by atoms with Crippen LogP contribution in [0.15, 0.2) is 47.7 Å². The molecule has 0 aromatic carbocycles. The van der Waals surface area contributed by atoms with Crippen molar-refractivity contribution in [3.63, 3.8) is 0 Å². The van der Waals surface area contributed by atoms with Crippen molar-refractivity contribution in [2.24, 2.45) is 0 Å². The van der Waals surface area contributed by atoms with Crippen molar-refractivity contribution >= 4 is 17.9 Å². The fourth-order valence-corrected chi connectivity index (χ4v) is 2.63. The normalized spacial score (nSPS) is 10.5. The molecule has 25 heavy (non-hydrogen) atoms. The maximum absolute atomic E-state index is 12.2. The Balaban J connectivity index is 2.25. The number of aldehydes is 1. The van der Waals surface area contributed by atoms with Crippen LogP contribution >= 0.6 is 11.6 Å². The fraction of sp³-hybridized carbons (Fsp3) is 0.111. The van der Waals surface area contributed by atoms with Gasteiger partial charge in [0.15, 0.2) is 6.29 Å². The average Bonchev–Trinajstić information content (AvgIpc) is 2.61. The van der Waals surface area contributed by atoms with Gasteiger partial charge in [0, 0.05) is 35.2 Å². The van der Waals surface area contributed by atoms with Crippen molar-refractivity contribution in [1.82, 2.24) is 14.5 Å². The minimum Gasteiger partial charge on any atom is -0.494 e. The van der Waals surface area contributed by atoms with Crippen LogP contribution in [-0.2, 0) is 0 Å². The van der Waals surface area contributed by atoms with Gasteiger partial charge < -0.3 is 4.74 Å². The molecule has 7 heteroatoms. The van der Waals surface area contributed by atoms with E-state index in [1.54, 1.807) is 24.4 Å². The Bertz CT molecular complexity index is 1010. The molecule has 0 saturated heterocycles. The van der Waals surface area contributed by atoms with Crippen LogP contribution in [0, 0.1) is 6.92 Å². The molecule has 0 aliphatic heterocycles. The molecule has 0 saturated carbocycles. The first-order valence-corrected chi connectivity index (χ1v) is 7.76. The summed E-state index contributed by atoms with van der Waals surface area (Å²) in [6.07, 6.45) is 5.22. The molecule has 3 heterocycles. The molecule has 126 valence electrons. The van der Waals surface area contributed by atoms with Gasteiger partial charge in [0.25, 0.3) is 5.56 Å². The Morgan fingerprint density at radius 2 is 1.96 bits per heavy atom. The van der Waals surface area contributed by atoms with Crippen LogP contribution in [0.5, 0.6) is 5.75 Å². The van der Waals surface area contributed by atoms with Crippen LogP contribution in [0.2, 0.25) is 5.15 Å². The molecule has 0 unspecified atom stereocenters. The van der Waals surface area contributed by atoms with Gasteiger partial charge in [-0.25, -0.2) is 9.97 Å². The summed E-state index contributed by atoms with van der Waals surface area (Å²) in [5, 5.41) is 0.263. The molecule has 0 fully saturated rings. The van der Waals surface area contributed by atoms with Crippen LogP contribution < -0.4 is 10.3 Å². The highest BCUT2D eigenvalue weighted by Gasteiger charge is 2.14. The zero-order valence-electron chi connectivity index (χ0n) is 13.6. The molecule has 6 nitrogen and oxygen atoms in total. The molecule has 0 aliphatic carbocycles. The van der Waals surface area contributed by atoms with Crippen molar-refractivity contribution in [1.29, 1.82) is 0 Å². The Morgan fingerprint density at radius 1 is 1.16 bits per heavy atom. The Hall–Kier alpha value is -2.99. The number of nitrogens with zero attached hydrogens (tertiary/aromatic N) is 3. The Morgan fingerprint density at radius 3 is 2.64 bits per heavy atom. The van der Waals surface area contributed by atoms with E-state index >= 15 is 0 Å². The lowest BCUT2D eigenvalue weighted by Gasteiger charge is -2.12. The van der Waals surface area contributed by atoms with Crippen molar-refractivity contribution in [2.45, 2.75) is 6.92 Å². The zero-order chi connectivity index (χ0) is 18.0. The number of ether oxygens (including phenoxy) is 1. The second-order valence-corrected chi connectivity index (χ2v) is 5.75. The summed E-state index contributed by atoms with van der Waals surface area (Å²) in [5.41, 5.74) is 2.14. The van der Waals surface area contributed by atoms with Gasteiger partial charge >= 0.3 is 0 Å². The van der Waals surface area contributed by atoms with E-state index in [4.69, 9.17) is 16.3 Å². The predicted molar refractivity (Wildman–Crippen MR) is 94.8 cm³/mol. The third-order valence-electron chi connectivity index (χ3n) is 3.71. The molecule has 3 aromatic rings. The van der Waals surface area contributed by atoms with Crippen molar-refractivity contribution in [3.8, 4) is 22.7 Å². The van der Waals surface area contributed by atoms with Crippen LogP contribution in [0.1, 0.15) is 15.9 Å². The predicted octanol–water partition coefficient (Wildman–Crippen LogP) is 3.08. The molecule has 0 atom stereocenters. The second kappa shape index (κ2) is 6.86. The van der Waals surface area contributed by atoms with Crippen molar-refractivity contribution < 1.29 is 9.53 Å². The number of methoxy groups -OCH3 is 1. The number of hydrogen-bond donors (Lipinski definition) is 0. The highest BCUT2D eigenvalue weighted by atomic mass is 35.5. The first-order valence-electron chi connectivity index (χ1n) is 7.38. The summed E-state index contributed by atoms with van der Waals surface area (Å²) in [7, 11) is 1.50. The van der Waals surface area contributed by atoms with Crippen LogP contribution in [-0.4, -0.2) is 27.9 Å². The first-order chi connectivity index (χ1) is 12.0. The highest BCUT2D eigenvalue weighted by Crippen LogP contribution is 2.33. The van der Waals surface area contributed by atoms with E-state index in [1.165, 1.54) is 30.1 Å². The third kappa shape index (κ3) is 3.29. The summed E-state index contributed by atoms with van der Waals surface area (Å²) in [4.78, 5) is 31.9. The molecular formula is C18H14ClN3O3. The molecule has 3 rings (SSSR count). The Kier molecular flexibility index (Phi) is 4.63. The quantitative estimate of drug-likeness (QED) is 0.531. The van der Waals surface area contributed by atoms with E-state index in [0.717, 1.165) is 5.56 Å². The van der Waals surface area contributed by atoms with Gasteiger partial charge in [0.05, 0.1) is 13.3 Å². The zero-order valence-corrected chi connectivity index (χ0v) is 14.3. The van der Waals surface area contributed by atoms with Gasteiger partial charge in [0.2, 0.25) is 0 Å². The van der Waals surface area contributed by atoms with Gasteiger partial charge in [0.1, 0.15) is 16.7 Å². The first kappa shape index (κ1) is 16.9. The second-order valence-electron chi connectivity index (χ2n) is 5.37. The molecular weight excluding hydrogens is 342 g/mol. The van der Waals surface area contributed by atoms with Gasteiger partial charge in [-0.3, -0.25) is 14.2 Å². The number of carbonyl (C=O) groups is 1. The lowest BCUT2D eigenvalue weighted by Crippen LogP contribution is -2.18. The molecule has 0 N–H and O–H groups in total. The molecule has 0 bridgehead atoms. The minimum atomic E-state index is -0.211. The number of rotatable bonds is 4. The lowest BCUT2D eigenvalue weighted by atomic mass is 10.0. The van der Waals surface area contributed by atoms with E-state index < -0.39 is 0 Å². The van der Waals surface area contributed by atoms with E-state index in [1.807, 2.05) is 6.92 Å². The van der Waals surface area contributed by atoms with Crippen molar-refractivity contribution in [3.05, 3.63) is 69.5 Å². The summed E-state index contributed by atoms with van der Waals surface area (Å²) < 4.78 is 6.72. The van der Waals surface area contributed by atoms with Gasteiger partial charge in [-0.15, -0.1) is 0 Å². The number of halogens is 1. The summed E-state index contributed by atoms with van der Waals surface area (Å²) in [5.74, 6) is 0.849. The summed E-state index contributed by atoms with van der Waals surface area (Å²) >= 11 is 5.99. The topological polar surface area (TPSA) is 74.1 Å². The summed E-state index contributed by atoms with van der Waals surface area (Å²) in [6, 6.07) is 6.57. The lowest BCUT2D eigenvalue weighted by molar-refractivity contribution is 0.112. The van der Waals surface area contributed by atoms with E-state index in [9.17, 15) is 9.59 Å². The van der Waals surface area contributed by atoms with Gasteiger partial charge in [-0.05, 0) is 30.7 Å². The maximum atomic E-state index is 12.2. The van der Waals surface area contributed by atoms with E-state index in [-0.39, 0.29) is 10.7 Å². The maximum Gasteiger partial charge on any atom is 0.256 e. The molecule has 3 aromatic heterocycles. The average molecular weight is 356 g/mol. The van der Waals surface area contributed by atoms with E-state index in [2.05, 4.69) is 9.97 Å². The van der Waals surface area contributed by atoms with Gasteiger partial charge in [-0.2, -0.15) is 0 Å². The fourth-order valence-electron chi connectivity index (χ4n) is 2.47. The standard InChI is InChI=1S/C18H14ClN3O3/c1-11-3-4-22(18(24)5-11)17-7-13(12(10-23)8-21-17)14-6-16(19)20-9-15(14)25-2/h3-10H,1-2H3. The molecule has 0 amide bonds. The SMILES string of the molecule is COc1cnc(Cl)cc1-c1cc(-n2ccc(C)cc2=O)ncc1C=O. The number of aromatic nitrogens is 3. The minimum absolute atomic E-state index is 0.211. The Labute approximate surface area is 148 Å². The van der Waals surface area contributed by atoms with Crippen molar-refractivity contribution in [2.75, 3.05) is 7.11 Å². The molecule has 0 aliphatic rings.